The minimum atomic E-state index is 0.326. The molecule has 0 aliphatic rings. The van der Waals surface area contributed by atoms with Crippen LogP contribution in [-0.4, -0.2) is 4.98 Å². The fraction of sp³-hybridized carbons (Fsp3) is 0.0769. The summed E-state index contributed by atoms with van der Waals surface area (Å²) in [4.78, 5) is 4.12. The maximum atomic E-state index is 8.87. The van der Waals surface area contributed by atoms with Crippen LogP contribution in [0.1, 0.15) is 11.1 Å². The Morgan fingerprint density at radius 2 is 2.11 bits per heavy atom. The molecule has 0 spiro atoms. The number of benzene rings is 1. The van der Waals surface area contributed by atoms with Gasteiger partial charge >= 0.3 is 0 Å². The van der Waals surface area contributed by atoms with Crippen molar-refractivity contribution in [1.29, 1.82) is 5.26 Å². The molecule has 0 saturated heterocycles. The van der Waals surface area contributed by atoms with Crippen LogP contribution in [0.15, 0.2) is 30.3 Å². The second-order valence-electron chi connectivity index (χ2n) is 3.87. The molecule has 1 aromatic carbocycles. The number of halogens is 1. The van der Waals surface area contributed by atoms with E-state index < -0.39 is 0 Å². The van der Waals surface area contributed by atoms with Gasteiger partial charge in [0.2, 0.25) is 0 Å². The van der Waals surface area contributed by atoms with E-state index in [4.69, 9.17) is 22.6 Å². The van der Waals surface area contributed by atoms with Gasteiger partial charge < -0.3 is 11.1 Å². The van der Waals surface area contributed by atoms with Gasteiger partial charge in [-0.05, 0) is 30.7 Å². The summed E-state index contributed by atoms with van der Waals surface area (Å²) in [6.07, 6.45) is 0. The maximum absolute atomic E-state index is 8.87. The van der Waals surface area contributed by atoms with Gasteiger partial charge in [-0.1, -0.05) is 17.7 Å². The Balaban J connectivity index is 2.36. The Morgan fingerprint density at radius 3 is 2.78 bits per heavy atom. The van der Waals surface area contributed by atoms with Crippen molar-refractivity contribution in [2.45, 2.75) is 6.92 Å². The highest BCUT2D eigenvalue weighted by Gasteiger charge is 2.03. The molecule has 0 aliphatic heterocycles. The first-order valence-corrected chi connectivity index (χ1v) is 5.67. The van der Waals surface area contributed by atoms with Gasteiger partial charge in [0.15, 0.2) is 0 Å². The number of nitrogens with two attached hydrogens (primary N) is 1. The fourth-order valence-electron chi connectivity index (χ4n) is 1.54. The zero-order chi connectivity index (χ0) is 13.1. The molecular weight excluding hydrogens is 248 g/mol. The SMILES string of the molecule is Cc1ccc(C#N)cc1Nc1cc(N)cc(Cl)n1. The average Bonchev–Trinajstić information content (AvgIpc) is 2.30. The first kappa shape index (κ1) is 12.2. The summed E-state index contributed by atoms with van der Waals surface area (Å²) in [5.74, 6) is 0.554. The summed E-state index contributed by atoms with van der Waals surface area (Å²) >= 11 is 5.83. The Kier molecular flexibility index (Phi) is 3.35. The number of nitrogens with one attached hydrogen (secondary N) is 1. The monoisotopic (exact) mass is 258 g/mol. The third-order valence-electron chi connectivity index (χ3n) is 2.45. The van der Waals surface area contributed by atoms with Gasteiger partial charge in [-0.2, -0.15) is 5.26 Å². The average molecular weight is 259 g/mol. The standard InChI is InChI=1S/C13H11ClN4/c1-8-2-3-9(7-15)4-11(8)17-13-6-10(16)5-12(14)18-13/h2-6H,1H3,(H3,16,17,18). The van der Waals surface area contributed by atoms with Crippen molar-refractivity contribution in [3.05, 3.63) is 46.6 Å². The summed E-state index contributed by atoms with van der Waals surface area (Å²) in [5.41, 5.74) is 8.62. The third-order valence-corrected chi connectivity index (χ3v) is 2.64. The molecule has 0 amide bonds. The molecule has 90 valence electrons. The molecule has 1 heterocycles. The van der Waals surface area contributed by atoms with E-state index in [-0.39, 0.29) is 0 Å². The maximum Gasteiger partial charge on any atom is 0.134 e. The number of hydrogen-bond donors (Lipinski definition) is 2. The highest BCUT2D eigenvalue weighted by atomic mass is 35.5. The first-order chi connectivity index (χ1) is 8.58. The molecule has 0 fully saturated rings. The minimum Gasteiger partial charge on any atom is -0.399 e. The van der Waals surface area contributed by atoms with Crippen molar-refractivity contribution < 1.29 is 0 Å². The van der Waals surface area contributed by atoms with Crippen LogP contribution in [0.5, 0.6) is 0 Å². The predicted octanol–water partition coefficient (Wildman–Crippen LogP) is 3.24. The van der Waals surface area contributed by atoms with Crippen molar-refractivity contribution in [1.82, 2.24) is 4.98 Å². The molecule has 5 heteroatoms. The molecule has 3 N–H and O–H groups in total. The minimum absolute atomic E-state index is 0.326. The molecule has 4 nitrogen and oxygen atoms in total. The molecule has 0 unspecified atom stereocenters. The van der Waals surface area contributed by atoms with Crippen LogP contribution >= 0.6 is 11.6 Å². The third kappa shape index (κ3) is 2.70. The topological polar surface area (TPSA) is 74.7 Å². The van der Waals surface area contributed by atoms with Crippen molar-refractivity contribution in [2.24, 2.45) is 0 Å². The van der Waals surface area contributed by atoms with Crippen molar-refractivity contribution in [3.8, 4) is 6.07 Å². The molecule has 0 bridgehead atoms. The Bertz CT molecular complexity index is 611. The van der Waals surface area contributed by atoms with E-state index in [0.29, 0.717) is 22.2 Å². The predicted molar refractivity (Wildman–Crippen MR) is 72.8 cm³/mol. The number of nitrogen functional groups attached to an aromatic ring is 1. The molecule has 2 aromatic rings. The van der Waals surface area contributed by atoms with E-state index in [1.165, 1.54) is 0 Å². The smallest absolute Gasteiger partial charge is 0.134 e. The molecule has 0 saturated carbocycles. The second-order valence-corrected chi connectivity index (χ2v) is 4.26. The van der Waals surface area contributed by atoms with Crippen LogP contribution in [0.2, 0.25) is 5.15 Å². The van der Waals surface area contributed by atoms with Crippen LogP contribution in [0.25, 0.3) is 0 Å². The molecule has 0 aliphatic carbocycles. The van der Waals surface area contributed by atoms with Crippen LogP contribution in [0.4, 0.5) is 17.2 Å². The fourth-order valence-corrected chi connectivity index (χ4v) is 1.76. The number of nitriles is 1. The van der Waals surface area contributed by atoms with E-state index >= 15 is 0 Å². The second kappa shape index (κ2) is 4.94. The van der Waals surface area contributed by atoms with Crippen molar-refractivity contribution in [2.75, 3.05) is 11.1 Å². The normalized spacial score (nSPS) is 9.83. The van der Waals surface area contributed by atoms with E-state index in [0.717, 1.165) is 11.3 Å². The van der Waals surface area contributed by atoms with E-state index in [9.17, 15) is 0 Å². The largest absolute Gasteiger partial charge is 0.399 e. The summed E-state index contributed by atoms with van der Waals surface area (Å²) in [7, 11) is 0. The number of aromatic nitrogens is 1. The molecular formula is C13H11ClN4. The van der Waals surface area contributed by atoms with Crippen LogP contribution in [0, 0.1) is 18.3 Å². The number of hydrogen-bond acceptors (Lipinski definition) is 4. The van der Waals surface area contributed by atoms with E-state index in [1.54, 1.807) is 24.3 Å². The Morgan fingerprint density at radius 1 is 1.33 bits per heavy atom. The lowest BCUT2D eigenvalue weighted by molar-refractivity contribution is 1.29. The zero-order valence-electron chi connectivity index (χ0n) is 9.74. The molecule has 0 atom stereocenters. The zero-order valence-corrected chi connectivity index (χ0v) is 10.5. The van der Waals surface area contributed by atoms with E-state index in [2.05, 4.69) is 16.4 Å². The molecule has 2 rings (SSSR count). The number of anilines is 3. The van der Waals surface area contributed by atoms with Gasteiger partial charge in [-0.25, -0.2) is 4.98 Å². The summed E-state index contributed by atoms with van der Waals surface area (Å²) < 4.78 is 0. The molecule has 0 radical (unpaired) electrons. The van der Waals surface area contributed by atoms with Gasteiger partial charge in [0, 0.05) is 17.4 Å². The van der Waals surface area contributed by atoms with Gasteiger partial charge in [-0.15, -0.1) is 0 Å². The van der Waals surface area contributed by atoms with Crippen LogP contribution in [-0.2, 0) is 0 Å². The van der Waals surface area contributed by atoms with Crippen molar-refractivity contribution in [3.63, 3.8) is 0 Å². The summed E-state index contributed by atoms with van der Waals surface area (Å²) in [6.45, 7) is 1.94. The molecule has 1 aromatic heterocycles. The van der Waals surface area contributed by atoms with Gasteiger partial charge in [-0.3, -0.25) is 0 Å². The number of pyridine rings is 1. The van der Waals surface area contributed by atoms with Gasteiger partial charge in [0.25, 0.3) is 0 Å². The van der Waals surface area contributed by atoms with Crippen molar-refractivity contribution >= 4 is 28.8 Å². The Labute approximate surface area is 110 Å². The van der Waals surface area contributed by atoms with Crippen LogP contribution in [0.3, 0.4) is 0 Å². The Hall–Kier alpha value is -2.25. The quantitative estimate of drug-likeness (QED) is 0.811. The lowest BCUT2D eigenvalue weighted by atomic mass is 10.1. The summed E-state index contributed by atoms with van der Waals surface area (Å²) in [5, 5.41) is 12.3. The molecule has 18 heavy (non-hydrogen) atoms. The lowest BCUT2D eigenvalue weighted by Gasteiger charge is -2.10. The van der Waals surface area contributed by atoms with Crippen LogP contribution < -0.4 is 11.1 Å². The number of rotatable bonds is 2. The van der Waals surface area contributed by atoms with Gasteiger partial charge in [0.05, 0.1) is 11.6 Å². The number of nitrogens with zero attached hydrogens (tertiary/aromatic N) is 2. The summed E-state index contributed by atoms with van der Waals surface area (Å²) in [6, 6.07) is 10.7. The highest BCUT2D eigenvalue weighted by Crippen LogP contribution is 2.23. The first-order valence-electron chi connectivity index (χ1n) is 5.29. The van der Waals surface area contributed by atoms with Gasteiger partial charge in [0.1, 0.15) is 11.0 Å². The lowest BCUT2D eigenvalue weighted by Crippen LogP contribution is -1.98. The number of aryl methyl sites for hydroxylation is 1. The van der Waals surface area contributed by atoms with E-state index in [1.807, 2.05) is 13.0 Å². The highest BCUT2D eigenvalue weighted by molar-refractivity contribution is 6.29.